The molecule has 1 heterocycles. The van der Waals surface area contributed by atoms with Gasteiger partial charge in [0.25, 0.3) is 0 Å². The second-order valence-electron chi connectivity index (χ2n) is 6.22. The molecule has 1 aromatic rings. The Morgan fingerprint density at radius 3 is 2.40 bits per heavy atom. The highest BCUT2D eigenvalue weighted by molar-refractivity contribution is 5.28. The van der Waals surface area contributed by atoms with Crippen LogP contribution in [0.2, 0.25) is 0 Å². The van der Waals surface area contributed by atoms with Gasteiger partial charge in [0.15, 0.2) is 0 Å². The Bertz CT molecular complexity index is 384. The van der Waals surface area contributed by atoms with E-state index in [1.807, 2.05) is 0 Å². The summed E-state index contributed by atoms with van der Waals surface area (Å²) in [7, 11) is 2.12. The first kappa shape index (κ1) is 15.5. The maximum atomic E-state index is 5.64. The zero-order valence-corrected chi connectivity index (χ0v) is 13.2. The highest BCUT2D eigenvalue weighted by atomic mass is 16.5. The zero-order chi connectivity index (χ0) is 14.4. The van der Waals surface area contributed by atoms with Gasteiger partial charge in [0, 0.05) is 24.7 Å². The molecule has 2 rings (SSSR count). The molecule has 0 aliphatic carbocycles. The Hall–Kier alpha value is -0.860. The van der Waals surface area contributed by atoms with Crippen molar-refractivity contribution in [3.8, 4) is 0 Å². The first-order valence-corrected chi connectivity index (χ1v) is 8.03. The molecule has 0 saturated carbocycles. The van der Waals surface area contributed by atoms with Crippen LogP contribution in [0.1, 0.15) is 45.1 Å². The van der Waals surface area contributed by atoms with Crippen molar-refractivity contribution in [3.63, 3.8) is 0 Å². The van der Waals surface area contributed by atoms with Crippen LogP contribution in [0.4, 0.5) is 0 Å². The predicted octanol–water partition coefficient (Wildman–Crippen LogP) is 3.76. The molecule has 1 aliphatic rings. The summed E-state index contributed by atoms with van der Waals surface area (Å²) >= 11 is 0. The van der Waals surface area contributed by atoms with Crippen molar-refractivity contribution < 1.29 is 4.74 Å². The van der Waals surface area contributed by atoms with Crippen molar-refractivity contribution in [3.05, 3.63) is 35.9 Å². The number of benzene rings is 1. The highest BCUT2D eigenvalue weighted by Gasteiger charge is 2.41. The molecule has 2 nitrogen and oxygen atoms in total. The van der Waals surface area contributed by atoms with Crippen molar-refractivity contribution in [2.45, 2.75) is 51.0 Å². The summed E-state index contributed by atoms with van der Waals surface area (Å²) in [5.74, 6) is 0.760. The van der Waals surface area contributed by atoms with Gasteiger partial charge in [-0.05, 0) is 37.8 Å². The van der Waals surface area contributed by atoms with Crippen LogP contribution < -0.4 is 5.32 Å². The first-order valence-electron chi connectivity index (χ1n) is 8.03. The number of nitrogens with one attached hydrogen (secondary N) is 1. The topological polar surface area (TPSA) is 21.3 Å². The number of ether oxygens (including phenoxy) is 1. The fourth-order valence-electron chi connectivity index (χ4n) is 3.53. The average Bonchev–Trinajstić information content (AvgIpc) is 2.53. The standard InChI is InChI=1S/C18H29NO/c1-4-15(2)14-17(19-3)18(10-12-20-13-11-18)16-8-6-5-7-9-16/h5-9,15,17,19H,4,10-14H2,1-3H3. The van der Waals surface area contributed by atoms with Crippen LogP contribution in [0, 0.1) is 5.92 Å². The lowest BCUT2D eigenvalue weighted by Crippen LogP contribution is -2.51. The summed E-state index contributed by atoms with van der Waals surface area (Å²) in [6.07, 6.45) is 4.74. The summed E-state index contributed by atoms with van der Waals surface area (Å²) in [5.41, 5.74) is 1.71. The normalized spacial score (nSPS) is 21.4. The maximum Gasteiger partial charge on any atom is 0.0475 e. The minimum absolute atomic E-state index is 0.234. The largest absolute Gasteiger partial charge is 0.381 e. The minimum Gasteiger partial charge on any atom is -0.381 e. The van der Waals surface area contributed by atoms with Gasteiger partial charge in [0.1, 0.15) is 0 Å². The van der Waals surface area contributed by atoms with E-state index in [0.29, 0.717) is 6.04 Å². The fraction of sp³-hybridized carbons (Fsp3) is 0.667. The molecule has 1 N–H and O–H groups in total. The van der Waals surface area contributed by atoms with Gasteiger partial charge in [-0.15, -0.1) is 0 Å². The van der Waals surface area contributed by atoms with Gasteiger partial charge in [-0.3, -0.25) is 0 Å². The first-order chi connectivity index (χ1) is 9.73. The Labute approximate surface area is 123 Å². The molecule has 112 valence electrons. The molecular weight excluding hydrogens is 246 g/mol. The highest BCUT2D eigenvalue weighted by Crippen LogP contribution is 2.40. The molecule has 0 aromatic heterocycles. The van der Waals surface area contributed by atoms with Crippen LogP contribution in [-0.4, -0.2) is 26.3 Å². The third kappa shape index (κ3) is 3.24. The fourth-order valence-corrected chi connectivity index (χ4v) is 3.53. The van der Waals surface area contributed by atoms with E-state index >= 15 is 0 Å². The Morgan fingerprint density at radius 1 is 1.20 bits per heavy atom. The predicted molar refractivity (Wildman–Crippen MR) is 85.1 cm³/mol. The van der Waals surface area contributed by atoms with E-state index in [4.69, 9.17) is 4.74 Å². The van der Waals surface area contributed by atoms with E-state index in [2.05, 4.69) is 56.5 Å². The molecule has 1 fully saturated rings. The molecular formula is C18H29NO. The Balaban J connectivity index is 2.30. The lowest BCUT2D eigenvalue weighted by atomic mass is 9.66. The van der Waals surface area contributed by atoms with Crippen LogP contribution in [0.3, 0.4) is 0 Å². The van der Waals surface area contributed by atoms with Crippen molar-refractivity contribution >= 4 is 0 Å². The molecule has 20 heavy (non-hydrogen) atoms. The molecule has 2 unspecified atom stereocenters. The third-order valence-electron chi connectivity index (χ3n) is 5.08. The molecule has 0 amide bonds. The quantitative estimate of drug-likeness (QED) is 0.853. The molecule has 1 saturated heterocycles. The van der Waals surface area contributed by atoms with Gasteiger partial charge < -0.3 is 10.1 Å². The Morgan fingerprint density at radius 2 is 1.85 bits per heavy atom. The molecule has 0 radical (unpaired) electrons. The second-order valence-corrected chi connectivity index (χ2v) is 6.22. The van der Waals surface area contributed by atoms with Crippen LogP contribution in [-0.2, 0) is 10.2 Å². The van der Waals surface area contributed by atoms with Crippen LogP contribution in [0.15, 0.2) is 30.3 Å². The number of hydrogen-bond donors (Lipinski definition) is 1. The Kier molecular flexibility index (Phi) is 5.62. The molecule has 2 heteroatoms. The molecule has 1 aromatic carbocycles. The SMILES string of the molecule is CCC(C)CC(NC)C1(c2ccccc2)CCOCC1. The number of hydrogen-bond acceptors (Lipinski definition) is 2. The minimum atomic E-state index is 0.234. The van der Waals surface area contributed by atoms with Gasteiger partial charge in [0.2, 0.25) is 0 Å². The van der Waals surface area contributed by atoms with Crippen LogP contribution in [0.5, 0.6) is 0 Å². The molecule has 0 spiro atoms. The van der Waals surface area contributed by atoms with Gasteiger partial charge >= 0.3 is 0 Å². The monoisotopic (exact) mass is 275 g/mol. The number of rotatable bonds is 6. The van der Waals surface area contributed by atoms with Crippen LogP contribution in [0.25, 0.3) is 0 Å². The van der Waals surface area contributed by atoms with E-state index in [0.717, 1.165) is 32.0 Å². The lowest BCUT2D eigenvalue weighted by molar-refractivity contribution is 0.0317. The average molecular weight is 275 g/mol. The number of likely N-dealkylation sites (N-methyl/N-ethyl adjacent to an activating group) is 1. The summed E-state index contributed by atoms with van der Waals surface area (Å²) in [5, 5.41) is 3.62. The van der Waals surface area contributed by atoms with Gasteiger partial charge in [-0.1, -0.05) is 50.6 Å². The summed E-state index contributed by atoms with van der Waals surface area (Å²) < 4.78 is 5.64. The second kappa shape index (κ2) is 7.24. The summed E-state index contributed by atoms with van der Waals surface area (Å²) in [4.78, 5) is 0. The van der Waals surface area contributed by atoms with Crippen molar-refractivity contribution in [1.82, 2.24) is 5.32 Å². The van der Waals surface area contributed by atoms with E-state index in [1.165, 1.54) is 18.4 Å². The molecule has 2 atom stereocenters. The van der Waals surface area contributed by atoms with Crippen molar-refractivity contribution in [1.29, 1.82) is 0 Å². The van der Waals surface area contributed by atoms with E-state index in [-0.39, 0.29) is 5.41 Å². The van der Waals surface area contributed by atoms with Gasteiger partial charge in [0.05, 0.1) is 0 Å². The van der Waals surface area contributed by atoms with Gasteiger partial charge in [-0.2, -0.15) is 0 Å². The molecule has 0 bridgehead atoms. The van der Waals surface area contributed by atoms with Crippen molar-refractivity contribution in [2.75, 3.05) is 20.3 Å². The van der Waals surface area contributed by atoms with E-state index < -0.39 is 0 Å². The summed E-state index contributed by atoms with van der Waals surface area (Å²) in [6.45, 7) is 6.42. The van der Waals surface area contributed by atoms with Crippen molar-refractivity contribution in [2.24, 2.45) is 5.92 Å². The summed E-state index contributed by atoms with van der Waals surface area (Å²) in [6, 6.07) is 11.6. The maximum absolute atomic E-state index is 5.64. The van der Waals surface area contributed by atoms with Gasteiger partial charge in [-0.25, -0.2) is 0 Å². The van der Waals surface area contributed by atoms with E-state index in [1.54, 1.807) is 0 Å². The third-order valence-corrected chi connectivity index (χ3v) is 5.08. The zero-order valence-electron chi connectivity index (χ0n) is 13.2. The lowest BCUT2D eigenvalue weighted by Gasteiger charge is -2.45. The molecule has 1 aliphatic heterocycles. The smallest absolute Gasteiger partial charge is 0.0475 e. The van der Waals surface area contributed by atoms with Crippen LogP contribution >= 0.6 is 0 Å². The van der Waals surface area contributed by atoms with E-state index in [9.17, 15) is 0 Å².